The molecule has 1 saturated heterocycles. The maximum atomic E-state index is 13.6. The molecule has 0 radical (unpaired) electrons. The normalized spacial score (nSPS) is 17.2. The van der Waals surface area contributed by atoms with Crippen molar-refractivity contribution in [2.24, 2.45) is 5.73 Å². The summed E-state index contributed by atoms with van der Waals surface area (Å²) in [6.45, 7) is 2.89. The fourth-order valence-electron chi connectivity index (χ4n) is 2.62. The van der Waals surface area contributed by atoms with Crippen LogP contribution in [0.25, 0.3) is 0 Å². The third-order valence-electron chi connectivity index (χ3n) is 3.77. The minimum atomic E-state index is -0.265. The number of aromatic nitrogens is 2. The van der Waals surface area contributed by atoms with Crippen LogP contribution in [0.15, 0.2) is 28.8 Å². The van der Waals surface area contributed by atoms with Gasteiger partial charge in [0.15, 0.2) is 5.82 Å². The van der Waals surface area contributed by atoms with Gasteiger partial charge in [-0.3, -0.25) is 0 Å². The molecule has 0 saturated carbocycles. The van der Waals surface area contributed by atoms with Crippen LogP contribution in [0.4, 0.5) is 4.39 Å². The zero-order valence-corrected chi connectivity index (χ0v) is 11.8. The van der Waals surface area contributed by atoms with Crippen LogP contribution in [0.3, 0.4) is 0 Å². The second kappa shape index (κ2) is 6.32. The molecule has 2 heterocycles. The number of hydrogen-bond donors (Lipinski definition) is 1. The molecular formula is C15H19FN4O. The SMILES string of the molecule is NC(CN1CCCC1)c1noc(Cc2ccccc2F)n1. The monoisotopic (exact) mass is 290 g/mol. The Bertz CT molecular complexity index is 595. The van der Waals surface area contributed by atoms with Crippen LogP contribution in [-0.4, -0.2) is 34.7 Å². The second-order valence-corrected chi connectivity index (χ2v) is 5.43. The van der Waals surface area contributed by atoms with Crippen molar-refractivity contribution >= 4 is 0 Å². The number of likely N-dealkylation sites (tertiary alicyclic amines) is 1. The summed E-state index contributed by atoms with van der Waals surface area (Å²) < 4.78 is 18.8. The second-order valence-electron chi connectivity index (χ2n) is 5.43. The van der Waals surface area contributed by atoms with Crippen molar-refractivity contribution in [3.8, 4) is 0 Å². The summed E-state index contributed by atoms with van der Waals surface area (Å²) in [7, 11) is 0. The average molecular weight is 290 g/mol. The highest BCUT2D eigenvalue weighted by molar-refractivity contribution is 5.20. The lowest BCUT2D eigenvalue weighted by Gasteiger charge is -2.17. The molecule has 2 aromatic rings. The number of hydrogen-bond acceptors (Lipinski definition) is 5. The third kappa shape index (κ3) is 3.46. The highest BCUT2D eigenvalue weighted by Gasteiger charge is 2.20. The van der Waals surface area contributed by atoms with Gasteiger partial charge in [0.25, 0.3) is 0 Å². The Morgan fingerprint density at radius 1 is 1.29 bits per heavy atom. The molecule has 6 heteroatoms. The van der Waals surface area contributed by atoms with E-state index in [4.69, 9.17) is 10.3 Å². The molecule has 1 fully saturated rings. The van der Waals surface area contributed by atoms with Crippen LogP contribution in [0, 0.1) is 5.82 Å². The first-order valence-electron chi connectivity index (χ1n) is 7.26. The Balaban J connectivity index is 1.64. The first-order valence-corrected chi connectivity index (χ1v) is 7.26. The lowest BCUT2D eigenvalue weighted by Crippen LogP contribution is -2.30. The lowest BCUT2D eigenvalue weighted by molar-refractivity contribution is 0.305. The maximum Gasteiger partial charge on any atom is 0.231 e. The molecule has 0 aliphatic carbocycles. The minimum Gasteiger partial charge on any atom is -0.339 e. The molecule has 5 nitrogen and oxygen atoms in total. The van der Waals surface area contributed by atoms with Crippen LogP contribution in [0.1, 0.15) is 36.2 Å². The van der Waals surface area contributed by atoms with Crippen LogP contribution in [0.2, 0.25) is 0 Å². The summed E-state index contributed by atoms with van der Waals surface area (Å²) in [6.07, 6.45) is 2.73. The predicted molar refractivity (Wildman–Crippen MR) is 76.1 cm³/mol. The maximum absolute atomic E-state index is 13.6. The van der Waals surface area contributed by atoms with Gasteiger partial charge in [0.1, 0.15) is 5.82 Å². The summed E-state index contributed by atoms with van der Waals surface area (Å²) in [4.78, 5) is 6.60. The predicted octanol–water partition coefficient (Wildman–Crippen LogP) is 1.90. The van der Waals surface area contributed by atoms with Crippen LogP contribution < -0.4 is 5.73 Å². The van der Waals surface area contributed by atoms with Crippen molar-refractivity contribution in [3.63, 3.8) is 0 Å². The van der Waals surface area contributed by atoms with Gasteiger partial charge >= 0.3 is 0 Å². The summed E-state index contributed by atoms with van der Waals surface area (Å²) in [5, 5.41) is 3.92. The quantitative estimate of drug-likeness (QED) is 0.911. The average Bonchev–Trinajstić information content (AvgIpc) is 3.13. The standard InChI is InChI=1S/C15H19FN4O/c16-12-6-2-1-5-11(12)9-14-18-15(19-21-14)13(17)10-20-7-3-4-8-20/h1-2,5-6,13H,3-4,7-10,17H2. The van der Waals surface area contributed by atoms with Gasteiger partial charge in [0.2, 0.25) is 5.89 Å². The molecule has 112 valence electrons. The minimum absolute atomic E-state index is 0.263. The zero-order chi connectivity index (χ0) is 14.7. The van der Waals surface area contributed by atoms with Gasteiger partial charge in [0, 0.05) is 6.54 Å². The number of nitrogens with two attached hydrogens (primary N) is 1. The fraction of sp³-hybridized carbons (Fsp3) is 0.467. The van der Waals surface area contributed by atoms with Crippen molar-refractivity contribution in [1.29, 1.82) is 0 Å². The van der Waals surface area contributed by atoms with E-state index in [0.29, 0.717) is 17.3 Å². The van der Waals surface area contributed by atoms with Gasteiger partial charge in [-0.15, -0.1) is 0 Å². The Kier molecular flexibility index (Phi) is 4.26. The van der Waals surface area contributed by atoms with E-state index in [1.54, 1.807) is 18.2 Å². The molecule has 1 aliphatic heterocycles. The molecule has 2 N–H and O–H groups in total. The molecule has 1 aromatic carbocycles. The summed E-state index contributed by atoms with van der Waals surface area (Å²) in [6, 6.07) is 6.31. The number of halogens is 1. The first-order chi connectivity index (χ1) is 10.2. The Hall–Kier alpha value is -1.79. The Morgan fingerprint density at radius 3 is 2.81 bits per heavy atom. The van der Waals surface area contributed by atoms with E-state index in [-0.39, 0.29) is 18.3 Å². The van der Waals surface area contributed by atoms with E-state index < -0.39 is 0 Å². The van der Waals surface area contributed by atoms with Crippen LogP contribution in [0.5, 0.6) is 0 Å². The highest BCUT2D eigenvalue weighted by Crippen LogP contribution is 2.16. The van der Waals surface area contributed by atoms with E-state index in [0.717, 1.165) is 19.6 Å². The highest BCUT2D eigenvalue weighted by atomic mass is 19.1. The van der Waals surface area contributed by atoms with Gasteiger partial charge < -0.3 is 15.2 Å². The molecular weight excluding hydrogens is 271 g/mol. The molecule has 1 aliphatic rings. The molecule has 0 amide bonds. The van der Waals surface area contributed by atoms with Crippen molar-refractivity contribution in [3.05, 3.63) is 47.4 Å². The first kappa shape index (κ1) is 14.2. The Morgan fingerprint density at radius 2 is 2.05 bits per heavy atom. The molecule has 3 rings (SSSR count). The van der Waals surface area contributed by atoms with Crippen molar-refractivity contribution < 1.29 is 8.91 Å². The molecule has 0 bridgehead atoms. The van der Waals surface area contributed by atoms with Crippen molar-refractivity contribution in [2.75, 3.05) is 19.6 Å². The molecule has 0 spiro atoms. The van der Waals surface area contributed by atoms with Crippen molar-refractivity contribution in [1.82, 2.24) is 15.0 Å². The van der Waals surface area contributed by atoms with E-state index in [1.807, 2.05) is 0 Å². The van der Waals surface area contributed by atoms with E-state index >= 15 is 0 Å². The lowest BCUT2D eigenvalue weighted by atomic mass is 10.1. The number of benzene rings is 1. The smallest absolute Gasteiger partial charge is 0.231 e. The third-order valence-corrected chi connectivity index (χ3v) is 3.77. The summed E-state index contributed by atoms with van der Waals surface area (Å²) >= 11 is 0. The number of rotatable bonds is 5. The van der Waals surface area contributed by atoms with Crippen molar-refractivity contribution in [2.45, 2.75) is 25.3 Å². The van der Waals surface area contributed by atoms with Crippen LogP contribution >= 0.6 is 0 Å². The van der Waals surface area contributed by atoms with Crippen LogP contribution in [-0.2, 0) is 6.42 Å². The summed E-state index contributed by atoms with van der Waals surface area (Å²) in [5.41, 5.74) is 6.65. The molecule has 1 unspecified atom stereocenters. The molecule has 21 heavy (non-hydrogen) atoms. The Labute approximate surface area is 122 Å². The fourth-order valence-corrected chi connectivity index (χ4v) is 2.62. The number of nitrogens with zero attached hydrogens (tertiary/aromatic N) is 3. The molecule has 1 atom stereocenters. The zero-order valence-electron chi connectivity index (χ0n) is 11.8. The topological polar surface area (TPSA) is 68.2 Å². The molecule has 1 aromatic heterocycles. The van der Waals surface area contributed by atoms with Gasteiger partial charge in [-0.1, -0.05) is 23.4 Å². The van der Waals surface area contributed by atoms with Gasteiger partial charge in [-0.2, -0.15) is 4.98 Å². The van der Waals surface area contributed by atoms with E-state index in [1.165, 1.54) is 18.9 Å². The van der Waals surface area contributed by atoms with E-state index in [2.05, 4.69) is 15.0 Å². The van der Waals surface area contributed by atoms with Gasteiger partial charge in [-0.05, 0) is 37.6 Å². The van der Waals surface area contributed by atoms with Gasteiger partial charge in [-0.25, -0.2) is 4.39 Å². The summed E-state index contributed by atoms with van der Waals surface area (Å²) in [5.74, 6) is 0.624. The van der Waals surface area contributed by atoms with E-state index in [9.17, 15) is 4.39 Å². The largest absolute Gasteiger partial charge is 0.339 e. The van der Waals surface area contributed by atoms with Gasteiger partial charge in [0.05, 0.1) is 12.5 Å².